The molecule has 0 aliphatic heterocycles. The smallest absolute Gasteiger partial charge is 0.195 e. The van der Waals surface area contributed by atoms with Crippen LogP contribution in [0.1, 0.15) is 17.2 Å². The second-order valence-electron chi connectivity index (χ2n) is 5.29. The first-order valence-electron chi connectivity index (χ1n) is 6.97. The number of nitrogens with one attached hydrogen (secondary N) is 1. The zero-order chi connectivity index (χ0) is 14.2. The van der Waals surface area contributed by atoms with Crippen LogP contribution in [0.15, 0.2) is 48.8 Å². The normalized spacial score (nSPS) is 14.3. The van der Waals surface area contributed by atoms with Gasteiger partial charge < -0.3 is 0 Å². The first-order chi connectivity index (χ1) is 10.3. The fourth-order valence-corrected chi connectivity index (χ4v) is 3.35. The maximum absolute atomic E-state index is 5.45. The van der Waals surface area contributed by atoms with E-state index in [1.54, 1.807) is 12.4 Å². The fraction of sp³-hybridized carbons (Fsp3) is 0.188. The maximum atomic E-state index is 5.45. The average Bonchev–Trinajstić information content (AvgIpc) is 3.11. The summed E-state index contributed by atoms with van der Waals surface area (Å²) in [6, 6.07) is 12.8. The molecule has 0 fully saturated rings. The average molecular weight is 294 g/mol. The number of nitrogens with zero attached hydrogens (tertiary/aromatic N) is 3. The summed E-state index contributed by atoms with van der Waals surface area (Å²) in [5.74, 6) is 0.889. The van der Waals surface area contributed by atoms with Crippen molar-refractivity contribution in [2.75, 3.05) is 0 Å². The third-order valence-electron chi connectivity index (χ3n) is 4.04. The van der Waals surface area contributed by atoms with E-state index in [-0.39, 0.29) is 0 Å². The Balaban J connectivity index is 1.78. The van der Waals surface area contributed by atoms with Crippen molar-refractivity contribution in [3.8, 4) is 11.4 Å². The number of aromatic amines is 1. The minimum atomic E-state index is 0.330. The van der Waals surface area contributed by atoms with Crippen LogP contribution in [0.4, 0.5) is 0 Å². The van der Waals surface area contributed by atoms with Gasteiger partial charge in [-0.25, -0.2) is 0 Å². The van der Waals surface area contributed by atoms with Gasteiger partial charge in [0.25, 0.3) is 0 Å². The zero-order valence-corrected chi connectivity index (χ0v) is 12.2. The number of hydrogen-bond donors (Lipinski definition) is 1. The molecule has 0 radical (unpaired) electrons. The van der Waals surface area contributed by atoms with Crippen molar-refractivity contribution in [3.63, 3.8) is 0 Å². The molecular formula is C16H14N4S. The molecule has 21 heavy (non-hydrogen) atoms. The first kappa shape index (κ1) is 12.5. The standard InChI is InChI=1S/C16H14N4S/c21-16-19-18-15(11-5-7-17-8-6-11)20(16)14-9-12-3-1-2-4-13(12)10-14/h1-8,14H,9-10H2,(H,19,21). The van der Waals surface area contributed by atoms with E-state index in [9.17, 15) is 0 Å². The van der Waals surface area contributed by atoms with Gasteiger partial charge in [-0.05, 0) is 48.3 Å². The fourth-order valence-electron chi connectivity index (χ4n) is 3.07. The van der Waals surface area contributed by atoms with Gasteiger partial charge in [-0.1, -0.05) is 24.3 Å². The predicted octanol–water partition coefficient (Wildman–Crippen LogP) is 3.34. The van der Waals surface area contributed by atoms with Crippen LogP contribution >= 0.6 is 12.2 Å². The van der Waals surface area contributed by atoms with E-state index >= 15 is 0 Å². The van der Waals surface area contributed by atoms with Crippen LogP contribution in [-0.2, 0) is 12.8 Å². The van der Waals surface area contributed by atoms with Gasteiger partial charge in [-0.3, -0.25) is 14.6 Å². The molecule has 2 heterocycles. The van der Waals surface area contributed by atoms with Crippen molar-refractivity contribution >= 4 is 12.2 Å². The van der Waals surface area contributed by atoms with E-state index in [4.69, 9.17) is 12.2 Å². The highest BCUT2D eigenvalue weighted by Gasteiger charge is 2.25. The van der Waals surface area contributed by atoms with E-state index in [1.165, 1.54) is 11.1 Å². The van der Waals surface area contributed by atoms with Gasteiger partial charge in [0.15, 0.2) is 10.6 Å². The summed E-state index contributed by atoms with van der Waals surface area (Å²) in [6.07, 6.45) is 5.56. The number of benzene rings is 1. The molecule has 0 amide bonds. The van der Waals surface area contributed by atoms with Crippen molar-refractivity contribution in [2.45, 2.75) is 18.9 Å². The lowest BCUT2D eigenvalue weighted by molar-refractivity contribution is 0.527. The molecule has 4 nitrogen and oxygen atoms in total. The van der Waals surface area contributed by atoms with Crippen LogP contribution in [0.2, 0.25) is 0 Å². The lowest BCUT2D eigenvalue weighted by atomic mass is 10.1. The molecule has 0 saturated heterocycles. The second-order valence-corrected chi connectivity index (χ2v) is 5.68. The van der Waals surface area contributed by atoms with Crippen molar-refractivity contribution in [2.24, 2.45) is 0 Å². The molecule has 0 unspecified atom stereocenters. The van der Waals surface area contributed by atoms with Crippen molar-refractivity contribution in [3.05, 3.63) is 64.7 Å². The van der Waals surface area contributed by atoms with Crippen LogP contribution in [0.5, 0.6) is 0 Å². The van der Waals surface area contributed by atoms with Gasteiger partial charge in [0.1, 0.15) is 0 Å². The van der Waals surface area contributed by atoms with E-state index in [1.807, 2.05) is 12.1 Å². The minimum Gasteiger partial charge on any atom is -0.296 e. The van der Waals surface area contributed by atoms with Gasteiger partial charge in [-0.15, -0.1) is 0 Å². The molecule has 0 spiro atoms. The largest absolute Gasteiger partial charge is 0.296 e. The molecule has 0 atom stereocenters. The molecule has 1 N–H and O–H groups in total. The molecule has 5 heteroatoms. The van der Waals surface area contributed by atoms with Gasteiger partial charge in [0, 0.05) is 24.0 Å². The van der Waals surface area contributed by atoms with E-state index in [2.05, 4.69) is 44.0 Å². The molecule has 1 aliphatic carbocycles. The Labute approximate surface area is 127 Å². The van der Waals surface area contributed by atoms with Gasteiger partial charge in [0.2, 0.25) is 0 Å². The minimum absolute atomic E-state index is 0.330. The van der Waals surface area contributed by atoms with Crippen LogP contribution in [0.25, 0.3) is 11.4 Å². The summed E-state index contributed by atoms with van der Waals surface area (Å²) in [6.45, 7) is 0. The van der Waals surface area contributed by atoms with Crippen molar-refractivity contribution in [1.29, 1.82) is 0 Å². The summed E-state index contributed by atoms with van der Waals surface area (Å²) in [4.78, 5) is 4.06. The monoisotopic (exact) mass is 294 g/mol. The predicted molar refractivity (Wildman–Crippen MR) is 83.5 cm³/mol. The number of fused-ring (bicyclic) bond motifs is 1. The molecule has 2 aromatic heterocycles. The lowest BCUT2D eigenvalue weighted by Gasteiger charge is -2.14. The SMILES string of the molecule is S=c1[nH]nc(-c2ccncc2)n1C1Cc2ccccc2C1. The van der Waals surface area contributed by atoms with E-state index in [0.29, 0.717) is 10.8 Å². The molecule has 3 aromatic rings. The maximum Gasteiger partial charge on any atom is 0.195 e. The quantitative estimate of drug-likeness (QED) is 0.737. The van der Waals surface area contributed by atoms with Crippen molar-refractivity contribution in [1.82, 2.24) is 19.7 Å². The summed E-state index contributed by atoms with van der Waals surface area (Å²) >= 11 is 5.45. The Kier molecular flexibility index (Phi) is 2.93. The summed E-state index contributed by atoms with van der Waals surface area (Å²) < 4.78 is 2.82. The molecule has 1 aliphatic rings. The second kappa shape index (κ2) is 4.93. The molecule has 104 valence electrons. The van der Waals surface area contributed by atoms with Gasteiger partial charge >= 0.3 is 0 Å². The van der Waals surface area contributed by atoms with Crippen LogP contribution in [0.3, 0.4) is 0 Å². The Bertz CT molecular complexity index is 810. The molecule has 1 aromatic carbocycles. The molecule has 0 bridgehead atoms. The number of rotatable bonds is 2. The highest BCUT2D eigenvalue weighted by molar-refractivity contribution is 7.71. The number of hydrogen-bond acceptors (Lipinski definition) is 3. The van der Waals surface area contributed by atoms with Gasteiger partial charge in [0.05, 0.1) is 0 Å². The molecular weight excluding hydrogens is 280 g/mol. The highest BCUT2D eigenvalue weighted by Crippen LogP contribution is 2.32. The number of H-pyrrole nitrogens is 1. The van der Waals surface area contributed by atoms with Crippen molar-refractivity contribution < 1.29 is 0 Å². The van der Waals surface area contributed by atoms with Crippen LogP contribution in [-0.4, -0.2) is 19.7 Å². The zero-order valence-electron chi connectivity index (χ0n) is 11.4. The Morgan fingerprint density at radius 2 is 1.71 bits per heavy atom. The summed E-state index contributed by atoms with van der Waals surface area (Å²) in [5, 5.41) is 7.35. The van der Waals surface area contributed by atoms with Crippen LogP contribution in [0, 0.1) is 4.77 Å². The Morgan fingerprint density at radius 3 is 2.38 bits per heavy atom. The topological polar surface area (TPSA) is 46.5 Å². The van der Waals surface area contributed by atoms with E-state index < -0.39 is 0 Å². The molecule has 0 saturated carbocycles. The van der Waals surface area contributed by atoms with Gasteiger partial charge in [-0.2, -0.15) is 5.10 Å². The Hall–Kier alpha value is -2.27. The summed E-state index contributed by atoms with van der Waals surface area (Å²) in [7, 11) is 0. The molecule has 4 rings (SSSR count). The third-order valence-corrected chi connectivity index (χ3v) is 4.33. The number of pyridine rings is 1. The first-order valence-corrected chi connectivity index (χ1v) is 7.38. The third kappa shape index (κ3) is 2.10. The Morgan fingerprint density at radius 1 is 1.05 bits per heavy atom. The van der Waals surface area contributed by atoms with E-state index in [0.717, 1.165) is 24.2 Å². The lowest BCUT2D eigenvalue weighted by Crippen LogP contribution is -2.11. The highest BCUT2D eigenvalue weighted by atomic mass is 32.1. The number of aromatic nitrogens is 4. The van der Waals surface area contributed by atoms with Crippen LogP contribution < -0.4 is 0 Å². The summed E-state index contributed by atoms with van der Waals surface area (Å²) in [5.41, 5.74) is 3.85.